The van der Waals surface area contributed by atoms with Gasteiger partial charge in [0.15, 0.2) is 0 Å². The highest BCUT2D eigenvalue weighted by molar-refractivity contribution is 5.26. The Morgan fingerprint density at radius 1 is 0.667 bits per heavy atom. The molecule has 0 amide bonds. The normalized spacial score (nSPS) is 5.33. The monoisotopic (exact) mass is 164 g/mol. The molecular formula is C8H8N2O2. The van der Waals surface area contributed by atoms with Crippen LogP contribution < -0.4 is 0 Å². The Balaban J connectivity index is 0. The van der Waals surface area contributed by atoms with Crippen molar-refractivity contribution in [2.24, 2.45) is 0 Å². The number of nitrogens with one attached hydrogen (secondary N) is 2. The number of isocyanates is 2. The third-order valence-corrected chi connectivity index (χ3v) is 0.667. The van der Waals surface area contributed by atoms with Gasteiger partial charge in [-0.15, -0.1) is 0 Å². The Kier molecular flexibility index (Phi) is 16.8. The van der Waals surface area contributed by atoms with Crippen LogP contribution in [-0.2, 0) is 9.59 Å². The molecule has 0 saturated heterocycles. The zero-order valence-electron chi connectivity index (χ0n) is 6.28. The molecule has 1 aromatic carbocycles. The molecule has 0 atom stereocenters. The van der Waals surface area contributed by atoms with E-state index in [0.717, 1.165) is 12.2 Å². The lowest BCUT2D eigenvalue weighted by Crippen LogP contribution is -1.47. The van der Waals surface area contributed by atoms with E-state index >= 15 is 0 Å². The van der Waals surface area contributed by atoms with Gasteiger partial charge in [0.1, 0.15) is 0 Å². The Labute approximate surface area is 69.9 Å². The van der Waals surface area contributed by atoms with Crippen LogP contribution in [0.15, 0.2) is 36.4 Å². The van der Waals surface area contributed by atoms with Crippen molar-refractivity contribution >= 4 is 12.2 Å². The van der Waals surface area contributed by atoms with Crippen LogP contribution >= 0.6 is 0 Å². The van der Waals surface area contributed by atoms with Gasteiger partial charge in [0.25, 0.3) is 0 Å². The SMILES string of the molecule is N=C=O.N=C=O.c1ccccc1. The summed E-state index contributed by atoms with van der Waals surface area (Å²) in [6.07, 6.45) is 1.50. The zero-order chi connectivity index (χ0) is 9.66. The van der Waals surface area contributed by atoms with Crippen molar-refractivity contribution in [3.8, 4) is 0 Å². The summed E-state index contributed by atoms with van der Waals surface area (Å²) in [5.74, 6) is 0. The summed E-state index contributed by atoms with van der Waals surface area (Å²) in [5, 5.41) is 10.8. The number of rotatable bonds is 0. The highest BCUT2D eigenvalue weighted by Gasteiger charge is 1.57. The van der Waals surface area contributed by atoms with Crippen molar-refractivity contribution in [1.29, 1.82) is 10.8 Å². The quantitative estimate of drug-likeness (QED) is 0.449. The molecule has 4 heteroatoms. The van der Waals surface area contributed by atoms with E-state index in [-0.39, 0.29) is 0 Å². The summed E-state index contributed by atoms with van der Waals surface area (Å²) < 4.78 is 0. The van der Waals surface area contributed by atoms with Crippen LogP contribution in [0.1, 0.15) is 0 Å². The number of hydrogen-bond acceptors (Lipinski definition) is 4. The highest BCUT2D eigenvalue weighted by Crippen LogP contribution is 1.79. The van der Waals surface area contributed by atoms with Gasteiger partial charge in [0.2, 0.25) is 12.2 Å². The second-order valence-electron chi connectivity index (χ2n) is 1.36. The Morgan fingerprint density at radius 3 is 0.833 bits per heavy atom. The topological polar surface area (TPSA) is 81.8 Å². The second-order valence-corrected chi connectivity index (χ2v) is 1.36. The van der Waals surface area contributed by atoms with Crippen LogP contribution in [0.25, 0.3) is 0 Å². The number of carbonyl (C=O) groups excluding carboxylic acids is 2. The molecule has 0 aliphatic carbocycles. The van der Waals surface area contributed by atoms with E-state index in [1.165, 1.54) is 0 Å². The van der Waals surface area contributed by atoms with Gasteiger partial charge in [0.05, 0.1) is 0 Å². The number of benzene rings is 1. The van der Waals surface area contributed by atoms with Crippen LogP contribution in [0, 0.1) is 10.8 Å². The first kappa shape index (κ1) is 12.6. The fourth-order valence-electron chi connectivity index (χ4n) is 0.385. The Morgan fingerprint density at radius 2 is 0.750 bits per heavy atom. The van der Waals surface area contributed by atoms with Gasteiger partial charge in [0, 0.05) is 0 Å². The van der Waals surface area contributed by atoms with Crippen molar-refractivity contribution in [2.45, 2.75) is 0 Å². The molecule has 1 rings (SSSR count). The van der Waals surface area contributed by atoms with Crippen molar-refractivity contribution < 1.29 is 9.59 Å². The molecule has 62 valence electrons. The van der Waals surface area contributed by atoms with Crippen molar-refractivity contribution in [2.75, 3.05) is 0 Å². The third-order valence-electron chi connectivity index (χ3n) is 0.667. The van der Waals surface area contributed by atoms with Crippen LogP contribution in [-0.4, -0.2) is 12.2 Å². The average Bonchev–Trinajstić information content (AvgIpc) is 2.10. The maximum Gasteiger partial charge on any atom is 0.231 e. The molecule has 0 radical (unpaired) electrons. The lowest BCUT2D eigenvalue weighted by Gasteiger charge is -1.69. The Bertz CT molecular complexity index is 196. The third kappa shape index (κ3) is 24.5. The molecule has 2 N–H and O–H groups in total. The molecule has 0 bridgehead atoms. The smallest absolute Gasteiger partial charge is 0.222 e. The number of hydrogen-bond donors (Lipinski definition) is 2. The summed E-state index contributed by atoms with van der Waals surface area (Å²) in [4.78, 5) is 16.7. The van der Waals surface area contributed by atoms with Gasteiger partial charge in [-0.3, -0.25) is 0 Å². The van der Waals surface area contributed by atoms with Gasteiger partial charge in [-0.05, 0) is 0 Å². The minimum atomic E-state index is 0.750. The molecule has 0 aromatic heterocycles. The van der Waals surface area contributed by atoms with Gasteiger partial charge in [-0.25, -0.2) is 20.4 Å². The maximum atomic E-state index is 8.35. The molecule has 12 heavy (non-hydrogen) atoms. The van der Waals surface area contributed by atoms with Crippen LogP contribution in [0.2, 0.25) is 0 Å². The minimum absolute atomic E-state index is 0.750. The summed E-state index contributed by atoms with van der Waals surface area (Å²) in [5.41, 5.74) is 0. The van der Waals surface area contributed by atoms with E-state index in [1.54, 1.807) is 0 Å². The zero-order valence-corrected chi connectivity index (χ0v) is 6.28. The highest BCUT2D eigenvalue weighted by atomic mass is 16.1. The van der Waals surface area contributed by atoms with Crippen molar-refractivity contribution in [1.82, 2.24) is 0 Å². The summed E-state index contributed by atoms with van der Waals surface area (Å²) in [7, 11) is 0. The molecule has 0 spiro atoms. The molecule has 0 aliphatic heterocycles. The molecular weight excluding hydrogens is 156 g/mol. The average molecular weight is 164 g/mol. The molecule has 0 heterocycles. The van der Waals surface area contributed by atoms with E-state index in [0.29, 0.717) is 0 Å². The standard InChI is InChI=1S/C6H6.2CHNO/c1-2-4-6-5-3-1;2*2-1-3/h1-6H;2*2H. The molecule has 0 saturated carbocycles. The summed E-state index contributed by atoms with van der Waals surface area (Å²) >= 11 is 0. The van der Waals surface area contributed by atoms with Crippen molar-refractivity contribution in [3.63, 3.8) is 0 Å². The predicted molar refractivity (Wildman–Crippen MR) is 43.3 cm³/mol. The minimum Gasteiger partial charge on any atom is -0.222 e. The van der Waals surface area contributed by atoms with Gasteiger partial charge in [-0.1, -0.05) is 36.4 Å². The maximum absolute atomic E-state index is 8.35. The van der Waals surface area contributed by atoms with Gasteiger partial charge < -0.3 is 0 Å². The first-order valence-corrected chi connectivity index (χ1v) is 2.91. The fourth-order valence-corrected chi connectivity index (χ4v) is 0.385. The van der Waals surface area contributed by atoms with E-state index in [4.69, 9.17) is 20.4 Å². The Hall–Kier alpha value is -2.02. The summed E-state index contributed by atoms with van der Waals surface area (Å²) in [6.45, 7) is 0. The first-order valence-electron chi connectivity index (χ1n) is 2.91. The molecule has 0 unspecified atom stereocenters. The molecule has 4 nitrogen and oxygen atoms in total. The molecule has 0 fully saturated rings. The predicted octanol–water partition coefficient (Wildman–Crippen LogP) is 1.49. The largest absolute Gasteiger partial charge is 0.231 e. The van der Waals surface area contributed by atoms with Crippen LogP contribution in [0.5, 0.6) is 0 Å². The van der Waals surface area contributed by atoms with E-state index in [2.05, 4.69) is 0 Å². The van der Waals surface area contributed by atoms with Crippen molar-refractivity contribution in [3.05, 3.63) is 36.4 Å². The lowest BCUT2D eigenvalue weighted by atomic mass is 10.4. The first-order chi connectivity index (χ1) is 5.83. The van der Waals surface area contributed by atoms with Gasteiger partial charge >= 0.3 is 0 Å². The lowest BCUT2D eigenvalue weighted by molar-refractivity contribution is 0.562. The summed E-state index contributed by atoms with van der Waals surface area (Å²) in [6, 6.07) is 12.0. The van der Waals surface area contributed by atoms with Gasteiger partial charge in [-0.2, -0.15) is 0 Å². The van der Waals surface area contributed by atoms with E-state index in [9.17, 15) is 0 Å². The van der Waals surface area contributed by atoms with Crippen LogP contribution in [0.3, 0.4) is 0 Å². The second kappa shape index (κ2) is 16.0. The molecule has 1 aromatic rings. The van der Waals surface area contributed by atoms with Crippen LogP contribution in [0.4, 0.5) is 0 Å². The van der Waals surface area contributed by atoms with E-state index < -0.39 is 0 Å². The van der Waals surface area contributed by atoms with E-state index in [1.807, 2.05) is 36.4 Å². The fraction of sp³-hybridized carbons (Fsp3) is 0. The molecule has 0 aliphatic rings.